The van der Waals surface area contributed by atoms with E-state index in [4.69, 9.17) is 14.2 Å². The molecule has 1 aliphatic heterocycles. The lowest BCUT2D eigenvalue weighted by Gasteiger charge is -2.15. The Morgan fingerprint density at radius 2 is 1.85 bits per heavy atom. The van der Waals surface area contributed by atoms with E-state index in [1.807, 2.05) is 0 Å². The van der Waals surface area contributed by atoms with Gasteiger partial charge >= 0.3 is 0 Å². The van der Waals surface area contributed by atoms with Crippen molar-refractivity contribution in [1.29, 1.82) is 0 Å². The topological polar surface area (TPSA) is 105 Å². The van der Waals surface area contributed by atoms with Crippen molar-refractivity contribution in [1.82, 2.24) is 0 Å². The average Bonchev–Trinajstić information content (AvgIpc) is 3.16. The summed E-state index contributed by atoms with van der Waals surface area (Å²) in [6, 6.07) is 10.4. The van der Waals surface area contributed by atoms with E-state index in [0.717, 1.165) is 0 Å². The van der Waals surface area contributed by atoms with Crippen LogP contribution in [0, 0.1) is 10.1 Å². The Balaban J connectivity index is 2.04. The van der Waals surface area contributed by atoms with E-state index in [-0.39, 0.29) is 21.9 Å². The first-order chi connectivity index (χ1) is 12.4. The number of ether oxygens (including phenoxy) is 3. The van der Waals surface area contributed by atoms with Gasteiger partial charge in [-0.3, -0.25) is 10.1 Å². The molecule has 26 heavy (non-hydrogen) atoms. The molecule has 0 unspecified atom stereocenters. The van der Waals surface area contributed by atoms with Crippen molar-refractivity contribution >= 4 is 15.5 Å². The maximum Gasteiger partial charge on any atom is 0.274 e. The van der Waals surface area contributed by atoms with Crippen molar-refractivity contribution in [2.75, 3.05) is 20.3 Å². The SMILES string of the molecule is COc1cc(CS(=O)(=O)c2ccccc2)c([N+](=O)[O-])cc1C1OCCO1. The van der Waals surface area contributed by atoms with E-state index in [9.17, 15) is 18.5 Å². The van der Waals surface area contributed by atoms with Crippen LogP contribution < -0.4 is 4.74 Å². The molecule has 1 heterocycles. The molecule has 0 saturated carbocycles. The van der Waals surface area contributed by atoms with Crippen LogP contribution in [-0.2, 0) is 25.1 Å². The first kappa shape index (κ1) is 18.3. The molecule has 9 heteroatoms. The number of sulfone groups is 1. The van der Waals surface area contributed by atoms with Crippen molar-refractivity contribution in [3.63, 3.8) is 0 Å². The van der Waals surface area contributed by atoms with Crippen LogP contribution >= 0.6 is 0 Å². The zero-order valence-electron chi connectivity index (χ0n) is 14.0. The van der Waals surface area contributed by atoms with Gasteiger partial charge in [0, 0.05) is 11.6 Å². The van der Waals surface area contributed by atoms with Crippen molar-refractivity contribution < 1.29 is 27.6 Å². The lowest BCUT2D eigenvalue weighted by Crippen LogP contribution is -2.09. The third-order valence-electron chi connectivity index (χ3n) is 3.95. The summed E-state index contributed by atoms with van der Waals surface area (Å²) in [7, 11) is -2.35. The lowest BCUT2D eigenvalue weighted by molar-refractivity contribution is -0.385. The van der Waals surface area contributed by atoms with Crippen molar-refractivity contribution in [3.05, 3.63) is 63.7 Å². The molecule has 2 aromatic carbocycles. The van der Waals surface area contributed by atoms with Gasteiger partial charge in [-0.1, -0.05) is 18.2 Å². The Morgan fingerprint density at radius 1 is 1.19 bits per heavy atom. The Hall–Kier alpha value is -2.49. The number of hydrogen-bond acceptors (Lipinski definition) is 7. The number of benzene rings is 2. The summed E-state index contributed by atoms with van der Waals surface area (Å²) in [6.45, 7) is 0.734. The molecule has 138 valence electrons. The Bertz CT molecular complexity index is 906. The minimum absolute atomic E-state index is 0.0393. The molecule has 0 aromatic heterocycles. The van der Waals surface area contributed by atoms with Gasteiger partial charge in [0.25, 0.3) is 5.69 Å². The summed E-state index contributed by atoms with van der Waals surface area (Å²) in [4.78, 5) is 11.0. The second-order valence-electron chi connectivity index (χ2n) is 5.63. The second-order valence-corrected chi connectivity index (χ2v) is 7.62. The van der Waals surface area contributed by atoms with Crippen LogP contribution in [0.3, 0.4) is 0 Å². The fourth-order valence-electron chi connectivity index (χ4n) is 2.73. The summed E-state index contributed by atoms with van der Waals surface area (Å²) in [6.07, 6.45) is -0.775. The quantitative estimate of drug-likeness (QED) is 0.561. The van der Waals surface area contributed by atoms with Crippen LogP contribution in [0.15, 0.2) is 47.4 Å². The molecule has 2 aromatic rings. The molecule has 0 bridgehead atoms. The highest BCUT2D eigenvalue weighted by molar-refractivity contribution is 7.90. The molecule has 8 nitrogen and oxygen atoms in total. The number of nitrogens with zero attached hydrogens (tertiary/aromatic N) is 1. The molecule has 0 atom stereocenters. The minimum Gasteiger partial charge on any atom is -0.496 e. The third kappa shape index (κ3) is 3.69. The Kier molecular flexibility index (Phi) is 5.21. The number of nitro benzene ring substituents is 1. The van der Waals surface area contributed by atoms with Crippen molar-refractivity contribution in [3.8, 4) is 5.75 Å². The molecule has 1 aliphatic rings. The zero-order valence-corrected chi connectivity index (χ0v) is 14.8. The standard InChI is InChI=1S/C17H17NO7S/c1-23-16-9-12(11-26(21,22)13-5-3-2-4-6-13)15(18(19)20)10-14(16)17-24-7-8-25-17/h2-6,9-10,17H,7-8,11H2,1H3. The van der Waals surface area contributed by atoms with Crippen LogP contribution in [0.25, 0.3) is 0 Å². The number of methoxy groups -OCH3 is 1. The van der Waals surface area contributed by atoms with Crippen LogP contribution in [0.4, 0.5) is 5.69 Å². The summed E-state index contributed by atoms with van der Waals surface area (Å²) < 4.78 is 41.3. The van der Waals surface area contributed by atoms with Gasteiger partial charge in [0.05, 0.1) is 41.5 Å². The maximum atomic E-state index is 12.6. The summed E-state index contributed by atoms with van der Waals surface area (Å²) in [5.41, 5.74) is 0.0782. The van der Waals surface area contributed by atoms with E-state index in [2.05, 4.69) is 0 Å². The smallest absolute Gasteiger partial charge is 0.274 e. The van der Waals surface area contributed by atoms with E-state index >= 15 is 0 Å². The highest BCUT2D eigenvalue weighted by Crippen LogP contribution is 2.37. The lowest BCUT2D eigenvalue weighted by atomic mass is 10.1. The first-order valence-corrected chi connectivity index (χ1v) is 9.44. The van der Waals surface area contributed by atoms with Gasteiger partial charge < -0.3 is 14.2 Å². The Morgan fingerprint density at radius 3 is 2.42 bits per heavy atom. The van der Waals surface area contributed by atoms with E-state index in [1.54, 1.807) is 18.2 Å². The molecule has 3 rings (SSSR count). The second kappa shape index (κ2) is 7.40. The first-order valence-electron chi connectivity index (χ1n) is 7.78. The predicted molar refractivity (Wildman–Crippen MR) is 91.6 cm³/mol. The maximum absolute atomic E-state index is 12.6. The molecule has 0 N–H and O–H groups in total. The average molecular weight is 379 g/mol. The monoisotopic (exact) mass is 379 g/mol. The van der Waals surface area contributed by atoms with Gasteiger partial charge in [-0.05, 0) is 18.2 Å². The molecule has 0 aliphatic carbocycles. The predicted octanol–water partition coefficient (Wildman–Crippen LogP) is 2.62. The Labute approximate surface area is 150 Å². The molecule has 0 radical (unpaired) electrons. The van der Waals surface area contributed by atoms with Gasteiger partial charge in [-0.25, -0.2) is 8.42 Å². The number of nitro groups is 1. The zero-order chi connectivity index (χ0) is 18.7. The van der Waals surface area contributed by atoms with E-state index in [0.29, 0.717) is 18.8 Å². The molecule has 0 spiro atoms. The van der Waals surface area contributed by atoms with E-state index in [1.165, 1.54) is 31.4 Å². The molecule has 1 saturated heterocycles. The largest absolute Gasteiger partial charge is 0.496 e. The van der Waals surface area contributed by atoms with Gasteiger partial charge in [-0.15, -0.1) is 0 Å². The van der Waals surface area contributed by atoms with Crippen molar-refractivity contribution in [2.45, 2.75) is 16.9 Å². The van der Waals surface area contributed by atoms with Gasteiger partial charge in [0.15, 0.2) is 16.1 Å². The van der Waals surface area contributed by atoms with Crippen LogP contribution in [0.5, 0.6) is 5.75 Å². The van der Waals surface area contributed by atoms with Gasteiger partial charge in [0.2, 0.25) is 0 Å². The third-order valence-corrected chi connectivity index (χ3v) is 5.63. The summed E-state index contributed by atoms with van der Waals surface area (Å²) in [5.74, 6) is -0.239. The summed E-state index contributed by atoms with van der Waals surface area (Å²) >= 11 is 0. The number of rotatable bonds is 6. The normalized spacial score (nSPS) is 15.1. The fourth-order valence-corrected chi connectivity index (χ4v) is 4.11. The van der Waals surface area contributed by atoms with Crippen LogP contribution in [0.1, 0.15) is 17.4 Å². The van der Waals surface area contributed by atoms with Crippen LogP contribution in [0.2, 0.25) is 0 Å². The summed E-state index contributed by atoms with van der Waals surface area (Å²) in [5, 5.41) is 11.5. The van der Waals surface area contributed by atoms with Crippen LogP contribution in [-0.4, -0.2) is 33.7 Å². The molecule has 0 amide bonds. The van der Waals surface area contributed by atoms with E-state index < -0.39 is 26.8 Å². The molecular weight excluding hydrogens is 362 g/mol. The molecule has 1 fully saturated rings. The highest BCUT2D eigenvalue weighted by Gasteiger charge is 2.29. The van der Waals surface area contributed by atoms with Gasteiger partial charge in [0.1, 0.15) is 5.75 Å². The fraction of sp³-hybridized carbons (Fsp3) is 0.294. The van der Waals surface area contributed by atoms with Gasteiger partial charge in [-0.2, -0.15) is 0 Å². The number of hydrogen-bond donors (Lipinski definition) is 0. The molecular formula is C17H17NO7S. The minimum atomic E-state index is -3.75. The highest BCUT2D eigenvalue weighted by atomic mass is 32.2. The van der Waals surface area contributed by atoms with Crippen molar-refractivity contribution in [2.24, 2.45) is 0 Å².